The first-order chi connectivity index (χ1) is 14.8. The standard InChI is InChI=1S/C25H20O6/c26-22(27)12-16-10-14(18-5-1-3-7-20(18)24(16)30)9-15-11-17(13-23(28)29)25(31)21-8-4-2-6-19(15)21/h1-8,10-11,30-31H,9,12-13H2,(H,26,27)(H,28,29). The quantitative estimate of drug-likeness (QED) is 0.374. The summed E-state index contributed by atoms with van der Waals surface area (Å²) in [6, 6.07) is 17.8. The minimum Gasteiger partial charge on any atom is -0.507 e. The van der Waals surface area contributed by atoms with Crippen LogP contribution in [0.2, 0.25) is 0 Å². The summed E-state index contributed by atoms with van der Waals surface area (Å²) in [5.74, 6) is -2.20. The van der Waals surface area contributed by atoms with Crippen LogP contribution in [-0.4, -0.2) is 32.4 Å². The SMILES string of the molecule is O=C(O)Cc1cc(Cc2cc(CC(=O)O)c(O)c3ccccc23)c2ccccc2c1O. The lowest BCUT2D eigenvalue weighted by Gasteiger charge is -2.16. The van der Waals surface area contributed by atoms with Crippen molar-refractivity contribution in [3.05, 3.63) is 82.9 Å². The van der Waals surface area contributed by atoms with Crippen LogP contribution in [0.25, 0.3) is 21.5 Å². The topological polar surface area (TPSA) is 115 Å². The van der Waals surface area contributed by atoms with Gasteiger partial charge in [-0.15, -0.1) is 0 Å². The molecule has 4 aromatic rings. The van der Waals surface area contributed by atoms with Crippen molar-refractivity contribution in [1.29, 1.82) is 0 Å². The molecule has 156 valence electrons. The van der Waals surface area contributed by atoms with Crippen LogP contribution < -0.4 is 0 Å². The Labute approximate surface area is 177 Å². The third-order valence-electron chi connectivity index (χ3n) is 5.43. The first kappa shape index (κ1) is 20.2. The average Bonchev–Trinajstić information content (AvgIpc) is 2.74. The van der Waals surface area contributed by atoms with Crippen molar-refractivity contribution in [3.63, 3.8) is 0 Å². The molecule has 6 nitrogen and oxygen atoms in total. The van der Waals surface area contributed by atoms with Crippen LogP contribution in [0.5, 0.6) is 11.5 Å². The monoisotopic (exact) mass is 416 g/mol. The molecular formula is C25H20O6. The van der Waals surface area contributed by atoms with Gasteiger partial charge in [0, 0.05) is 21.9 Å². The van der Waals surface area contributed by atoms with Gasteiger partial charge in [0.15, 0.2) is 0 Å². The second-order valence-corrected chi connectivity index (χ2v) is 7.50. The summed E-state index contributed by atoms with van der Waals surface area (Å²) in [6.45, 7) is 0. The Bertz CT molecular complexity index is 1240. The van der Waals surface area contributed by atoms with E-state index < -0.39 is 11.9 Å². The summed E-state index contributed by atoms with van der Waals surface area (Å²) in [5, 5.41) is 42.3. The largest absolute Gasteiger partial charge is 0.507 e. The number of carboxylic acids is 2. The molecule has 0 aliphatic heterocycles. The highest BCUT2D eigenvalue weighted by Crippen LogP contribution is 2.37. The van der Waals surface area contributed by atoms with Crippen LogP contribution >= 0.6 is 0 Å². The van der Waals surface area contributed by atoms with Crippen LogP contribution in [0, 0.1) is 0 Å². The predicted octanol–water partition coefficient (Wildman–Crippen LogP) is 4.25. The van der Waals surface area contributed by atoms with Gasteiger partial charge in [-0.1, -0.05) is 60.7 Å². The van der Waals surface area contributed by atoms with Gasteiger partial charge in [0.05, 0.1) is 12.8 Å². The molecule has 6 heteroatoms. The number of benzene rings is 4. The Morgan fingerprint density at radius 3 is 1.29 bits per heavy atom. The zero-order valence-corrected chi connectivity index (χ0v) is 16.5. The highest BCUT2D eigenvalue weighted by atomic mass is 16.4. The molecule has 4 N–H and O–H groups in total. The third kappa shape index (κ3) is 3.88. The highest BCUT2D eigenvalue weighted by molar-refractivity contribution is 5.96. The molecule has 0 fully saturated rings. The van der Waals surface area contributed by atoms with Gasteiger partial charge in [-0.05, 0) is 28.3 Å². The normalized spacial score (nSPS) is 11.1. The summed E-state index contributed by atoms with van der Waals surface area (Å²) in [6.07, 6.45) is -0.255. The van der Waals surface area contributed by atoms with E-state index in [-0.39, 0.29) is 24.3 Å². The number of phenolic OH excluding ortho intramolecular Hbond substituents is 2. The molecule has 0 bridgehead atoms. The van der Waals surface area contributed by atoms with E-state index in [4.69, 9.17) is 0 Å². The van der Waals surface area contributed by atoms with E-state index in [1.54, 1.807) is 36.4 Å². The van der Waals surface area contributed by atoms with Gasteiger partial charge in [0.2, 0.25) is 0 Å². The molecule has 4 aromatic carbocycles. The second-order valence-electron chi connectivity index (χ2n) is 7.50. The van der Waals surface area contributed by atoms with Crippen molar-refractivity contribution in [3.8, 4) is 11.5 Å². The van der Waals surface area contributed by atoms with Crippen molar-refractivity contribution >= 4 is 33.5 Å². The number of hydrogen-bond acceptors (Lipinski definition) is 4. The molecule has 0 saturated carbocycles. The first-order valence-electron chi connectivity index (χ1n) is 9.73. The molecule has 0 aliphatic carbocycles. The number of carboxylic acid groups (broad SMARTS) is 2. The molecule has 0 saturated heterocycles. The second kappa shape index (κ2) is 7.99. The molecule has 0 aromatic heterocycles. The third-order valence-corrected chi connectivity index (χ3v) is 5.43. The molecule has 31 heavy (non-hydrogen) atoms. The molecule has 0 atom stereocenters. The van der Waals surface area contributed by atoms with Gasteiger partial charge in [0.25, 0.3) is 0 Å². The molecule has 4 rings (SSSR count). The van der Waals surface area contributed by atoms with E-state index in [0.29, 0.717) is 28.3 Å². The first-order valence-corrected chi connectivity index (χ1v) is 9.73. The molecular weight excluding hydrogens is 396 g/mol. The highest BCUT2D eigenvalue weighted by Gasteiger charge is 2.17. The maximum absolute atomic E-state index is 11.3. The molecule has 0 aliphatic rings. The lowest BCUT2D eigenvalue weighted by molar-refractivity contribution is -0.137. The molecule has 0 unspecified atom stereocenters. The van der Waals surface area contributed by atoms with Crippen LogP contribution in [0.15, 0.2) is 60.7 Å². The smallest absolute Gasteiger partial charge is 0.307 e. The van der Waals surface area contributed by atoms with Crippen molar-refractivity contribution in [2.24, 2.45) is 0 Å². The Kier molecular flexibility index (Phi) is 5.21. The van der Waals surface area contributed by atoms with Gasteiger partial charge < -0.3 is 20.4 Å². The summed E-state index contributed by atoms with van der Waals surface area (Å²) >= 11 is 0. The van der Waals surface area contributed by atoms with Gasteiger partial charge in [-0.3, -0.25) is 9.59 Å². The summed E-state index contributed by atoms with van der Waals surface area (Å²) < 4.78 is 0. The number of rotatable bonds is 6. The van der Waals surface area contributed by atoms with E-state index in [1.807, 2.05) is 24.3 Å². The maximum atomic E-state index is 11.3. The van der Waals surface area contributed by atoms with Crippen LogP contribution in [0.1, 0.15) is 22.3 Å². The van der Waals surface area contributed by atoms with Gasteiger partial charge in [-0.2, -0.15) is 0 Å². The number of aromatic hydroxyl groups is 2. The maximum Gasteiger partial charge on any atom is 0.307 e. The van der Waals surface area contributed by atoms with Crippen molar-refractivity contribution in [2.45, 2.75) is 19.3 Å². The van der Waals surface area contributed by atoms with E-state index in [1.165, 1.54) is 0 Å². The number of phenols is 2. The fraction of sp³-hybridized carbons (Fsp3) is 0.120. The predicted molar refractivity (Wildman–Crippen MR) is 117 cm³/mol. The van der Waals surface area contributed by atoms with E-state index in [0.717, 1.165) is 21.9 Å². The zero-order valence-electron chi connectivity index (χ0n) is 16.5. The lowest BCUT2D eigenvalue weighted by atomic mass is 9.90. The summed E-state index contributed by atoms with van der Waals surface area (Å²) in [4.78, 5) is 22.6. The van der Waals surface area contributed by atoms with Crippen LogP contribution in [0.3, 0.4) is 0 Å². The molecule has 0 spiro atoms. The Hall–Kier alpha value is -4.06. The average molecular weight is 416 g/mol. The molecule has 0 radical (unpaired) electrons. The Morgan fingerprint density at radius 2 is 0.935 bits per heavy atom. The number of carbonyl (C=O) groups is 2. The van der Waals surface area contributed by atoms with Gasteiger partial charge in [0.1, 0.15) is 11.5 Å². The lowest BCUT2D eigenvalue weighted by Crippen LogP contribution is -2.04. The molecule has 0 heterocycles. The van der Waals surface area contributed by atoms with Crippen LogP contribution in [0.4, 0.5) is 0 Å². The fourth-order valence-corrected chi connectivity index (χ4v) is 4.09. The van der Waals surface area contributed by atoms with E-state index in [9.17, 15) is 30.0 Å². The van der Waals surface area contributed by atoms with Gasteiger partial charge >= 0.3 is 11.9 Å². The zero-order chi connectivity index (χ0) is 22.1. The van der Waals surface area contributed by atoms with Crippen molar-refractivity contribution in [1.82, 2.24) is 0 Å². The van der Waals surface area contributed by atoms with Crippen LogP contribution in [-0.2, 0) is 28.9 Å². The Morgan fingerprint density at radius 1 is 0.581 bits per heavy atom. The minimum atomic E-state index is -1.05. The van der Waals surface area contributed by atoms with E-state index >= 15 is 0 Å². The fourth-order valence-electron chi connectivity index (χ4n) is 4.09. The summed E-state index contributed by atoms with van der Waals surface area (Å²) in [5.41, 5.74) is 2.24. The number of aliphatic carboxylic acids is 2. The van der Waals surface area contributed by atoms with E-state index in [2.05, 4.69) is 0 Å². The van der Waals surface area contributed by atoms with Gasteiger partial charge in [-0.25, -0.2) is 0 Å². The van der Waals surface area contributed by atoms with Crippen molar-refractivity contribution in [2.75, 3.05) is 0 Å². The summed E-state index contributed by atoms with van der Waals surface area (Å²) in [7, 11) is 0. The number of hydrogen-bond donors (Lipinski definition) is 4. The minimum absolute atomic E-state index is 0.0520. The molecule has 0 amide bonds. The number of fused-ring (bicyclic) bond motifs is 2. The Balaban J connectivity index is 1.93. The van der Waals surface area contributed by atoms with Crippen molar-refractivity contribution < 1.29 is 30.0 Å².